The predicted molar refractivity (Wildman–Crippen MR) is 77.9 cm³/mol. The van der Waals surface area contributed by atoms with Crippen LogP contribution in [0.5, 0.6) is 0 Å². The lowest BCUT2D eigenvalue weighted by Crippen LogP contribution is -2.12. The second-order valence-corrected chi connectivity index (χ2v) is 5.96. The van der Waals surface area contributed by atoms with Gasteiger partial charge in [-0.25, -0.2) is 18.5 Å². The van der Waals surface area contributed by atoms with E-state index in [0.29, 0.717) is 0 Å². The quantitative estimate of drug-likeness (QED) is 0.837. The van der Waals surface area contributed by atoms with Crippen LogP contribution in [0.15, 0.2) is 41.6 Å². The number of hydrogen-bond acceptors (Lipinski definition) is 4. The zero-order chi connectivity index (χ0) is 14.6. The molecule has 0 spiro atoms. The van der Waals surface area contributed by atoms with Gasteiger partial charge in [0.1, 0.15) is 0 Å². The SMILES string of the molecule is CCn1ccnc1NCCc1ccc(S(N)(=O)=O)cc1. The summed E-state index contributed by atoms with van der Waals surface area (Å²) in [5.41, 5.74) is 1.04. The van der Waals surface area contributed by atoms with E-state index >= 15 is 0 Å². The van der Waals surface area contributed by atoms with E-state index in [-0.39, 0.29) is 4.90 Å². The summed E-state index contributed by atoms with van der Waals surface area (Å²) >= 11 is 0. The summed E-state index contributed by atoms with van der Waals surface area (Å²) in [6.07, 6.45) is 4.46. The molecule has 6 nitrogen and oxygen atoms in total. The van der Waals surface area contributed by atoms with Gasteiger partial charge in [0.2, 0.25) is 16.0 Å². The third kappa shape index (κ3) is 3.58. The number of benzene rings is 1. The molecule has 1 aromatic carbocycles. The molecule has 2 rings (SSSR count). The lowest BCUT2D eigenvalue weighted by Gasteiger charge is -2.08. The molecule has 0 unspecified atom stereocenters. The Balaban J connectivity index is 1.92. The Bertz CT molecular complexity index is 662. The van der Waals surface area contributed by atoms with Gasteiger partial charge in [0, 0.05) is 25.5 Å². The minimum Gasteiger partial charge on any atom is -0.355 e. The van der Waals surface area contributed by atoms with Gasteiger partial charge in [-0.1, -0.05) is 12.1 Å². The molecule has 1 heterocycles. The summed E-state index contributed by atoms with van der Waals surface area (Å²) in [5.74, 6) is 0.841. The van der Waals surface area contributed by atoms with Crippen LogP contribution >= 0.6 is 0 Å². The van der Waals surface area contributed by atoms with Crippen LogP contribution in [0.4, 0.5) is 5.95 Å². The monoisotopic (exact) mass is 294 g/mol. The first-order valence-corrected chi connectivity index (χ1v) is 7.92. The van der Waals surface area contributed by atoms with Crippen molar-refractivity contribution in [2.24, 2.45) is 5.14 Å². The molecule has 108 valence electrons. The third-order valence-electron chi connectivity index (χ3n) is 3.00. The molecular weight excluding hydrogens is 276 g/mol. The number of hydrogen-bond donors (Lipinski definition) is 2. The zero-order valence-electron chi connectivity index (χ0n) is 11.3. The van der Waals surface area contributed by atoms with Gasteiger partial charge in [0.25, 0.3) is 0 Å². The molecule has 0 saturated carbocycles. The van der Waals surface area contributed by atoms with Gasteiger partial charge in [-0.05, 0) is 31.0 Å². The predicted octanol–water partition coefficient (Wildman–Crippen LogP) is 1.20. The molecule has 0 fully saturated rings. The Morgan fingerprint density at radius 3 is 2.60 bits per heavy atom. The maximum atomic E-state index is 11.1. The van der Waals surface area contributed by atoms with Gasteiger partial charge < -0.3 is 9.88 Å². The van der Waals surface area contributed by atoms with Gasteiger partial charge in [-0.2, -0.15) is 0 Å². The van der Waals surface area contributed by atoms with E-state index in [4.69, 9.17) is 5.14 Å². The number of sulfonamides is 1. The average Bonchev–Trinajstić information content (AvgIpc) is 2.86. The van der Waals surface area contributed by atoms with Crippen molar-refractivity contribution >= 4 is 16.0 Å². The number of primary sulfonamides is 1. The fourth-order valence-electron chi connectivity index (χ4n) is 1.90. The first-order chi connectivity index (χ1) is 9.50. The van der Waals surface area contributed by atoms with Crippen molar-refractivity contribution in [2.75, 3.05) is 11.9 Å². The van der Waals surface area contributed by atoms with E-state index in [1.54, 1.807) is 18.3 Å². The van der Waals surface area contributed by atoms with E-state index in [9.17, 15) is 8.42 Å². The highest BCUT2D eigenvalue weighted by Gasteiger charge is 2.06. The number of rotatable bonds is 6. The van der Waals surface area contributed by atoms with Crippen molar-refractivity contribution < 1.29 is 8.42 Å². The molecule has 0 aliphatic carbocycles. The molecule has 0 aliphatic rings. The van der Waals surface area contributed by atoms with E-state index < -0.39 is 10.0 Å². The average molecular weight is 294 g/mol. The van der Waals surface area contributed by atoms with Crippen LogP contribution < -0.4 is 10.5 Å². The molecular formula is C13H18N4O2S. The summed E-state index contributed by atoms with van der Waals surface area (Å²) in [4.78, 5) is 4.36. The topological polar surface area (TPSA) is 90.0 Å². The van der Waals surface area contributed by atoms with Gasteiger partial charge in [-0.3, -0.25) is 0 Å². The number of nitrogens with zero attached hydrogens (tertiary/aromatic N) is 2. The van der Waals surface area contributed by atoms with Gasteiger partial charge in [0.05, 0.1) is 4.90 Å². The van der Waals surface area contributed by atoms with Crippen molar-refractivity contribution in [1.29, 1.82) is 0 Å². The standard InChI is InChI=1S/C13H18N4O2S/c1-2-17-10-9-16-13(17)15-8-7-11-3-5-12(6-4-11)20(14,18)19/h3-6,9-10H,2,7-8H2,1H3,(H,15,16)(H2,14,18,19). The van der Waals surface area contributed by atoms with Crippen molar-refractivity contribution in [1.82, 2.24) is 9.55 Å². The van der Waals surface area contributed by atoms with Crippen LogP contribution in [-0.4, -0.2) is 24.5 Å². The lowest BCUT2D eigenvalue weighted by atomic mass is 10.1. The van der Waals surface area contributed by atoms with Gasteiger partial charge >= 0.3 is 0 Å². The van der Waals surface area contributed by atoms with Crippen molar-refractivity contribution in [2.45, 2.75) is 24.8 Å². The van der Waals surface area contributed by atoms with Gasteiger partial charge in [0.15, 0.2) is 0 Å². The minimum absolute atomic E-state index is 0.135. The van der Waals surface area contributed by atoms with E-state index in [2.05, 4.69) is 17.2 Å². The minimum atomic E-state index is -3.61. The Morgan fingerprint density at radius 1 is 1.30 bits per heavy atom. The second-order valence-electron chi connectivity index (χ2n) is 4.40. The summed E-state index contributed by atoms with van der Waals surface area (Å²) in [6, 6.07) is 6.59. The Hall–Kier alpha value is -1.86. The maximum absolute atomic E-state index is 11.1. The Labute approximate surface area is 118 Å². The largest absolute Gasteiger partial charge is 0.355 e. The Morgan fingerprint density at radius 2 is 2.00 bits per heavy atom. The van der Waals surface area contributed by atoms with E-state index in [1.807, 2.05) is 10.8 Å². The molecule has 0 bridgehead atoms. The second kappa shape index (κ2) is 6.06. The number of nitrogens with two attached hydrogens (primary N) is 1. The summed E-state index contributed by atoms with van der Waals surface area (Å²) < 4.78 is 24.3. The highest BCUT2D eigenvalue weighted by molar-refractivity contribution is 7.89. The first-order valence-electron chi connectivity index (χ1n) is 6.37. The Kier molecular flexibility index (Phi) is 4.41. The first kappa shape index (κ1) is 14.5. The number of anilines is 1. The fourth-order valence-corrected chi connectivity index (χ4v) is 2.41. The van der Waals surface area contributed by atoms with Crippen LogP contribution in [0.2, 0.25) is 0 Å². The number of imidazole rings is 1. The smallest absolute Gasteiger partial charge is 0.238 e. The molecule has 0 radical (unpaired) electrons. The number of nitrogens with one attached hydrogen (secondary N) is 1. The molecule has 20 heavy (non-hydrogen) atoms. The highest BCUT2D eigenvalue weighted by atomic mass is 32.2. The number of aryl methyl sites for hydroxylation is 1. The van der Waals surface area contributed by atoms with Crippen molar-refractivity contribution in [3.05, 3.63) is 42.2 Å². The lowest BCUT2D eigenvalue weighted by molar-refractivity contribution is 0.598. The van der Waals surface area contributed by atoms with Crippen LogP contribution in [0, 0.1) is 0 Å². The summed E-state index contributed by atoms with van der Waals surface area (Å²) in [7, 11) is -3.61. The normalized spacial score (nSPS) is 11.5. The fraction of sp³-hybridized carbons (Fsp3) is 0.308. The molecule has 2 aromatic rings. The molecule has 1 aromatic heterocycles. The van der Waals surface area contributed by atoms with Crippen LogP contribution in [-0.2, 0) is 23.0 Å². The van der Waals surface area contributed by atoms with Crippen molar-refractivity contribution in [3.8, 4) is 0 Å². The summed E-state index contributed by atoms with van der Waals surface area (Å²) in [6.45, 7) is 3.65. The maximum Gasteiger partial charge on any atom is 0.238 e. The van der Waals surface area contributed by atoms with E-state index in [1.165, 1.54) is 12.1 Å². The van der Waals surface area contributed by atoms with Crippen LogP contribution in [0.3, 0.4) is 0 Å². The molecule has 0 saturated heterocycles. The molecule has 0 atom stereocenters. The summed E-state index contributed by atoms with van der Waals surface area (Å²) in [5, 5.41) is 8.30. The van der Waals surface area contributed by atoms with Crippen molar-refractivity contribution in [3.63, 3.8) is 0 Å². The number of aromatic nitrogens is 2. The molecule has 0 amide bonds. The molecule has 7 heteroatoms. The third-order valence-corrected chi connectivity index (χ3v) is 3.93. The zero-order valence-corrected chi connectivity index (χ0v) is 12.1. The van der Waals surface area contributed by atoms with Gasteiger partial charge in [-0.15, -0.1) is 0 Å². The molecule has 0 aliphatic heterocycles. The molecule has 3 N–H and O–H groups in total. The highest BCUT2D eigenvalue weighted by Crippen LogP contribution is 2.10. The van der Waals surface area contributed by atoms with Crippen LogP contribution in [0.1, 0.15) is 12.5 Å². The van der Waals surface area contributed by atoms with Crippen LogP contribution in [0.25, 0.3) is 0 Å². The van der Waals surface area contributed by atoms with E-state index in [0.717, 1.165) is 31.0 Å².